The fourth-order valence-electron chi connectivity index (χ4n) is 1.37. The van der Waals surface area contributed by atoms with Gasteiger partial charge in [-0.05, 0) is 29.9 Å². The molecule has 70 valence electrons. The lowest BCUT2D eigenvalue weighted by molar-refractivity contribution is 0.667. The molecule has 0 saturated heterocycles. The van der Waals surface area contributed by atoms with Crippen LogP contribution < -0.4 is 0 Å². The van der Waals surface area contributed by atoms with Crippen LogP contribution in [0.4, 0.5) is 0 Å². The van der Waals surface area contributed by atoms with Gasteiger partial charge < -0.3 is 0 Å². The first kappa shape index (κ1) is 10.3. The molecule has 0 bridgehead atoms. The molecule has 0 unspecified atom stereocenters. The summed E-state index contributed by atoms with van der Waals surface area (Å²) in [6.45, 7) is 2.21. The maximum absolute atomic E-state index is 8.77. The summed E-state index contributed by atoms with van der Waals surface area (Å²) >= 11 is 1.55. The molecular weight excluding hydrogens is 178 g/mol. The van der Waals surface area contributed by atoms with Gasteiger partial charge in [0.1, 0.15) is 10.9 Å². The average molecular weight is 193 g/mol. The predicted molar refractivity (Wildman–Crippen MR) is 56.9 cm³/mol. The van der Waals surface area contributed by atoms with Crippen molar-refractivity contribution in [2.24, 2.45) is 0 Å². The molecule has 1 aromatic heterocycles. The van der Waals surface area contributed by atoms with E-state index in [2.05, 4.69) is 19.1 Å². The quantitative estimate of drug-likeness (QED) is 0.653. The van der Waals surface area contributed by atoms with Crippen molar-refractivity contribution in [3.05, 3.63) is 21.9 Å². The predicted octanol–water partition coefficient (Wildman–Crippen LogP) is 3.74. The van der Waals surface area contributed by atoms with E-state index in [4.69, 9.17) is 5.26 Å². The van der Waals surface area contributed by atoms with Crippen LogP contribution in [-0.4, -0.2) is 0 Å². The lowest BCUT2D eigenvalue weighted by Gasteiger charge is -1.97. The van der Waals surface area contributed by atoms with E-state index in [0.29, 0.717) is 0 Å². The van der Waals surface area contributed by atoms with Crippen LogP contribution in [0.1, 0.15) is 43.0 Å². The van der Waals surface area contributed by atoms with Gasteiger partial charge in [-0.1, -0.05) is 26.2 Å². The van der Waals surface area contributed by atoms with Crippen LogP contribution in [0.15, 0.2) is 11.4 Å². The minimum atomic E-state index is 0.900. The Labute approximate surface area is 84.0 Å². The highest BCUT2D eigenvalue weighted by atomic mass is 32.1. The zero-order valence-electron chi connectivity index (χ0n) is 8.05. The molecule has 0 N–H and O–H groups in total. The summed E-state index contributed by atoms with van der Waals surface area (Å²) in [5.41, 5.74) is 1.24. The van der Waals surface area contributed by atoms with Crippen molar-refractivity contribution in [1.82, 2.24) is 0 Å². The fraction of sp³-hybridized carbons (Fsp3) is 0.545. The number of unbranched alkanes of at least 4 members (excludes halogenated alkanes) is 3. The summed E-state index contributed by atoms with van der Waals surface area (Å²) < 4.78 is 0. The normalized spacial score (nSPS) is 9.85. The van der Waals surface area contributed by atoms with Gasteiger partial charge in [-0.15, -0.1) is 11.3 Å². The molecule has 0 aliphatic carbocycles. The van der Waals surface area contributed by atoms with Gasteiger partial charge in [0, 0.05) is 0 Å². The smallest absolute Gasteiger partial charge is 0.110 e. The second kappa shape index (κ2) is 5.77. The number of hydrogen-bond acceptors (Lipinski definition) is 2. The molecule has 1 nitrogen and oxygen atoms in total. The maximum atomic E-state index is 8.77. The molecule has 0 aromatic carbocycles. The zero-order valence-corrected chi connectivity index (χ0v) is 8.86. The van der Waals surface area contributed by atoms with Gasteiger partial charge in [-0.2, -0.15) is 5.26 Å². The van der Waals surface area contributed by atoms with Crippen LogP contribution in [0.3, 0.4) is 0 Å². The lowest BCUT2D eigenvalue weighted by Crippen LogP contribution is -1.85. The van der Waals surface area contributed by atoms with Crippen molar-refractivity contribution < 1.29 is 0 Å². The molecular formula is C11H15NS. The molecule has 1 aromatic rings. The van der Waals surface area contributed by atoms with E-state index in [1.165, 1.54) is 31.2 Å². The van der Waals surface area contributed by atoms with Crippen molar-refractivity contribution in [1.29, 1.82) is 5.26 Å². The van der Waals surface area contributed by atoms with Crippen LogP contribution in [0.25, 0.3) is 0 Å². The van der Waals surface area contributed by atoms with Crippen molar-refractivity contribution >= 4 is 11.3 Å². The summed E-state index contributed by atoms with van der Waals surface area (Å²) in [6, 6.07) is 4.31. The molecule has 0 aliphatic rings. The Bertz CT molecular complexity index is 283. The van der Waals surface area contributed by atoms with Crippen LogP contribution in [0.5, 0.6) is 0 Å². The van der Waals surface area contributed by atoms with Crippen molar-refractivity contribution in [3.63, 3.8) is 0 Å². The van der Waals surface area contributed by atoms with Gasteiger partial charge >= 0.3 is 0 Å². The Balaban J connectivity index is 2.33. The Morgan fingerprint density at radius 3 is 2.92 bits per heavy atom. The summed E-state index contributed by atoms with van der Waals surface area (Å²) in [6.07, 6.45) is 6.17. The zero-order chi connectivity index (χ0) is 9.52. The fourth-order valence-corrected chi connectivity index (χ4v) is 2.12. The summed E-state index contributed by atoms with van der Waals surface area (Å²) in [5.74, 6) is 0. The van der Waals surface area contributed by atoms with Gasteiger partial charge in [0.25, 0.3) is 0 Å². The largest absolute Gasteiger partial charge is 0.192 e. The van der Waals surface area contributed by atoms with Gasteiger partial charge in [0.2, 0.25) is 0 Å². The molecule has 0 spiro atoms. The first-order valence-electron chi connectivity index (χ1n) is 4.85. The lowest BCUT2D eigenvalue weighted by atomic mass is 10.1. The maximum Gasteiger partial charge on any atom is 0.110 e. The van der Waals surface area contributed by atoms with Crippen LogP contribution in [0, 0.1) is 11.3 Å². The number of hydrogen-bond donors (Lipinski definition) is 0. The molecule has 0 atom stereocenters. The van der Waals surface area contributed by atoms with Gasteiger partial charge in [-0.25, -0.2) is 0 Å². The molecule has 0 saturated carbocycles. The van der Waals surface area contributed by atoms with Crippen LogP contribution in [-0.2, 0) is 6.42 Å². The molecule has 13 heavy (non-hydrogen) atoms. The first-order valence-corrected chi connectivity index (χ1v) is 5.73. The summed E-state index contributed by atoms with van der Waals surface area (Å²) in [7, 11) is 0. The van der Waals surface area contributed by atoms with Crippen molar-refractivity contribution in [3.8, 4) is 6.07 Å². The van der Waals surface area contributed by atoms with E-state index in [-0.39, 0.29) is 0 Å². The summed E-state index contributed by atoms with van der Waals surface area (Å²) in [5, 5.41) is 10.8. The van der Waals surface area contributed by atoms with E-state index in [9.17, 15) is 0 Å². The Morgan fingerprint density at radius 1 is 1.38 bits per heavy atom. The molecule has 1 heterocycles. The third-order valence-corrected chi connectivity index (χ3v) is 3.01. The standard InChI is InChI=1S/C11H15NS/c1-2-3-4-5-6-10-7-8-13-11(10)9-12/h7-8H,2-6H2,1H3. The van der Waals surface area contributed by atoms with Crippen LogP contribution in [0.2, 0.25) is 0 Å². The third-order valence-electron chi connectivity index (χ3n) is 2.15. The second-order valence-electron chi connectivity index (χ2n) is 3.20. The van der Waals surface area contributed by atoms with E-state index in [1.807, 2.05) is 5.38 Å². The highest BCUT2D eigenvalue weighted by Crippen LogP contribution is 2.18. The van der Waals surface area contributed by atoms with E-state index < -0.39 is 0 Å². The molecule has 0 radical (unpaired) electrons. The third kappa shape index (κ3) is 3.20. The highest BCUT2D eigenvalue weighted by molar-refractivity contribution is 7.10. The number of rotatable bonds is 5. The molecule has 0 amide bonds. The number of thiophene rings is 1. The van der Waals surface area contributed by atoms with E-state index >= 15 is 0 Å². The minimum Gasteiger partial charge on any atom is -0.192 e. The van der Waals surface area contributed by atoms with Crippen molar-refractivity contribution in [2.75, 3.05) is 0 Å². The van der Waals surface area contributed by atoms with E-state index in [0.717, 1.165) is 11.3 Å². The van der Waals surface area contributed by atoms with Gasteiger partial charge in [0.05, 0.1) is 0 Å². The number of aryl methyl sites for hydroxylation is 1. The Kier molecular flexibility index (Phi) is 4.56. The first-order chi connectivity index (χ1) is 6.38. The Hall–Kier alpha value is -0.810. The topological polar surface area (TPSA) is 23.8 Å². The number of nitrogens with zero attached hydrogens (tertiary/aromatic N) is 1. The molecule has 1 rings (SSSR count). The molecule has 0 fully saturated rings. The number of nitriles is 1. The van der Waals surface area contributed by atoms with Gasteiger partial charge in [-0.3, -0.25) is 0 Å². The van der Waals surface area contributed by atoms with E-state index in [1.54, 1.807) is 11.3 Å². The average Bonchev–Trinajstić information content (AvgIpc) is 2.60. The SMILES string of the molecule is CCCCCCc1ccsc1C#N. The highest BCUT2D eigenvalue weighted by Gasteiger charge is 2.01. The monoisotopic (exact) mass is 193 g/mol. The van der Waals surface area contributed by atoms with Crippen molar-refractivity contribution in [2.45, 2.75) is 39.0 Å². The summed E-state index contributed by atoms with van der Waals surface area (Å²) in [4.78, 5) is 0.900. The molecule has 2 heteroatoms. The van der Waals surface area contributed by atoms with Crippen LogP contribution >= 0.6 is 11.3 Å². The Morgan fingerprint density at radius 2 is 2.23 bits per heavy atom. The second-order valence-corrected chi connectivity index (χ2v) is 4.11. The molecule has 0 aliphatic heterocycles. The minimum absolute atomic E-state index is 0.900. The van der Waals surface area contributed by atoms with Gasteiger partial charge in [0.15, 0.2) is 0 Å².